The number of hydrogen-bond donors (Lipinski definition) is 2. The molecule has 2 amide bonds. The van der Waals surface area contributed by atoms with Crippen molar-refractivity contribution in [1.29, 1.82) is 0 Å². The second-order valence-corrected chi connectivity index (χ2v) is 6.90. The number of carbonyl (C=O) groups excluding carboxylic acids is 2. The van der Waals surface area contributed by atoms with E-state index >= 15 is 0 Å². The second-order valence-electron chi connectivity index (χ2n) is 6.90. The molecule has 1 aliphatic heterocycles. The van der Waals surface area contributed by atoms with Crippen LogP contribution in [0.5, 0.6) is 5.75 Å². The van der Waals surface area contributed by atoms with Crippen molar-refractivity contribution in [2.75, 3.05) is 36.4 Å². The molecule has 3 heterocycles. The number of nitrogens with zero attached hydrogens (tertiary/aromatic N) is 6. The molecule has 0 radical (unpaired) electrons. The van der Waals surface area contributed by atoms with E-state index in [-0.39, 0.29) is 17.3 Å². The van der Waals surface area contributed by atoms with E-state index in [9.17, 15) is 14.7 Å². The quantitative estimate of drug-likeness (QED) is 0.475. The molecule has 3 aromatic rings. The number of aromatic hydroxyl groups is 1. The maximum Gasteiger partial charge on any atom is 0.254 e. The molecule has 0 spiro atoms. The lowest BCUT2D eigenvalue weighted by Gasteiger charge is -2.35. The molecule has 4 rings (SSSR count). The Kier molecular flexibility index (Phi) is 5.61. The van der Waals surface area contributed by atoms with Crippen molar-refractivity contribution < 1.29 is 14.7 Å². The van der Waals surface area contributed by atoms with Gasteiger partial charge in [-0.1, -0.05) is 6.58 Å². The molecule has 1 aliphatic rings. The van der Waals surface area contributed by atoms with Gasteiger partial charge in [-0.15, -0.1) is 10.2 Å². The molecule has 0 bridgehead atoms. The highest BCUT2D eigenvalue weighted by Gasteiger charge is 2.24. The normalized spacial score (nSPS) is 13.7. The summed E-state index contributed by atoms with van der Waals surface area (Å²) in [6.45, 7) is 5.62. The number of nitrogens with one attached hydrogen (secondary N) is 1. The number of carbonyl (C=O) groups is 2. The highest BCUT2D eigenvalue weighted by atomic mass is 16.3. The number of anilines is 2. The van der Waals surface area contributed by atoms with Gasteiger partial charge in [0.25, 0.3) is 5.91 Å². The molecule has 0 atom stereocenters. The minimum atomic E-state index is -0.465. The summed E-state index contributed by atoms with van der Waals surface area (Å²) < 4.78 is 1.64. The summed E-state index contributed by atoms with van der Waals surface area (Å²) in [6, 6.07) is 9.94. The fraction of sp³-hybridized carbons (Fsp3) is 0.190. The van der Waals surface area contributed by atoms with E-state index in [1.54, 1.807) is 22.0 Å². The van der Waals surface area contributed by atoms with E-state index in [1.807, 2.05) is 18.2 Å². The molecule has 1 saturated heterocycles. The first-order chi connectivity index (χ1) is 15.0. The van der Waals surface area contributed by atoms with Gasteiger partial charge in [0.1, 0.15) is 5.75 Å². The van der Waals surface area contributed by atoms with E-state index in [0.717, 1.165) is 11.9 Å². The van der Waals surface area contributed by atoms with Crippen LogP contribution in [0.2, 0.25) is 0 Å². The molecular formula is C21H21N7O3. The summed E-state index contributed by atoms with van der Waals surface area (Å²) in [7, 11) is 0. The predicted octanol–water partition coefficient (Wildman–Crippen LogP) is 1.45. The number of phenols is 1. The van der Waals surface area contributed by atoms with Crippen LogP contribution in [0.15, 0.2) is 61.4 Å². The molecule has 1 fully saturated rings. The van der Waals surface area contributed by atoms with E-state index in [1.165, 1.54) is 18.2 Å². The van der Waals surface area contributed by atoms with Gasteiger partial charge in [0.05, 0.1) is 5.69 Å². The zero-order chi connectivity index (χ0) is 21.8. The third kappa shape index (κ3) is 4.37. The lowest BCUT2D eigenvalue weighted by atomic mass is 10.1. The van der Waals surface area contributed by atoms with Crippen LogP contribution < -0.4 is 10.2 Å². The van der Waals surface area contributed by atoms with Crippen LogP contribution >= 0.6 is 0 Å². The maximum absolute atomic E-state index is 12.9. The molecule has 2 aromatic heterocycles. The molecule has 0 aliphatic carbocycles. The van der Waals surface area contributed by atoms with Gasteiger partial charge in [0.15, 0.2) is 11.6 Å². The van der Waals surface area contributed by atoms with E-state index in [0.29, 0.717) is 37.6 Å². The number of aromatic nitrogens is 4. The zero-order valence-electron chi connectivity index (χ0n) is 16.7. The Morgan fingerprint density at radius 2 is 1.81 bits per heavy atom. The topological polar surface area (TPSA) is 116 Å². The molecule has 0 unspecified atom stereocenters. The van der Waals surface area contributed by atoms with Crippen molar-refractivity contribution in [1.82, 2.24) is 24.9 Å². The molecule has 10 nitrogen and oxygen atoms in total. The summed E-state index contributed by atoms with van der Waals surface area (Å²) in [6.07, 6.45) is 4.57. The number of rotatable bonds is 5. The first-order valence-corrected chi connectivity index (χ1v) is 9.69. The Balaban J connectivity index is 1.39. The van der Waals surface area contributed by atoms with Crippen molar-refractivity contribution in [2.24, 2.45) is 0 Å². The predicted molar refractivity (Wildman–Crippen MR) is 114 cm³/mol. The van der Waals surface area contributed by atoms with E-state index in [4.69, 9.17) is 0 Å². The Morgan fingerprint density at radius 1 is 1.06 bits per heavy atom. The molecule has 31 heavy (non-hydrogen) atoms. The first kappa shape index (κ1) is 20.1. The van der Waals surface area contributed by atoms with Crippen LogP contribution in [0.4, 0.5) is 11.5 Å². The average Bonchev–Trinajstić information content (AvgIpc) is 3.35. The van der Waals surface area contributed by atoms with Gasteiger partial charge in [-0.2, -0.15) is 5.10 Å². The van der Waals surface area contributed by atoms with Crippen molar-refractivity contribution in [3.63, 3.8) is 0 Å². The van der Waals surface area contributed by atoms with Gasteiger partial charge in [0.2, 0.25) is 5.91 Å². The van der Waals surface area contributed by atoms with Crippen LogP contribution in [0.25, 0.3) is 5.82 Å². The molecule has 0 saturated carbocycles. The number of benzene rings is 1. The smallest absolute Gasteiger partial charge is 0.254 e. The summed E-state index contributed by atoms with van der Waals surface area (Å²) in [5.41, 5.74) is 0.552. The minimum absolute atomic E-state index is 0.117. The lowest BCUT2D eigenvalue weighted by Crippen LogP contribution is -2.49. The standard InChI is InChI=1S/C21H21N7O3/c1-2-20(30)23-16-14-15(4-5-17(16)29)21(31)27-12-10-26(11-13-27)18-6-7-19(25-24-18)28-9-3-8-22-28/h2-9,14,29H,1,10-13H2,(H,23,30). The zero-order valence-corrected chi connectivity index (χ0v) is 16.7. The van der Waals surface area contributed by atoms with E-state index < -0.39 is 5.91 Å². The number of amides is 2. The largest absolute Gasteiger partial charge is 0.506 e. The van der Waals surface area contributed by atoms with Crippen LogP contribution in [0.1, 0.15) is 10.4 Å². The fourth-order valence-electron chi connectivity index (χ4n) is 3.29. The molecule has 158 valence electrons. The van der Waals surface area contributed by atoms with Crippen molar-refractivity contribution in [3.05, 3.63) is 67.0 Å². The van der Waals surface area contributed by atoms with Gasteiger partial charge >= 0.3 is 0 Å². The Morgan fingerprint density at radius 3 is 2.45 bits per heavy atom. The summed E-state index contributed by atoms with van der Waals surface area (Å²) in [4.78, 5) is 28.2. The molecule has 2 N–H and O–H groups in total. The second kappa shape index (κ2) is 8.66. The molecule has 10 heteroatoms. The monoisotopic (exact) mass is 419 g/mol. The summed E-state index contributed by atoms with van der Waals surface area (Å²) >= 11 is 0. The van der Waals surface area contributed by atoms with Crippen molar-refractivity contribution >= 4 is 23.3 Å². The number of phenolic OH excluding ortho intramolecular Hbond substituents is 1. The molecule has 1 aromatic carbocycles. The van der Waals surface area contributed by atoms with Gasteiger partial charge in [-0.3, -0.25) is 9.59 Å². The first-order valence-electron chi connectivity index (χ1n) is 9.69. The Hall–Kier alpha value is -4.21. The highest BCUT2D eigenvalue weighted by Crippen LogP contribution is 2.25. The number of hydrogen-bond acceptors (Lipinski definition) is 7. The van der Waals surface area contributed by atoms with Gasteiger partial charge in [-0.05, 0) is 42.5 Å². The fourth-order valence-corrected chi connectivity index (χ4v) is 3.29. The van der Waals surface area contributed by atoms with Gasteiger partial charge in [-0.25, -0.2) is 4.68 Å². The van der Waals surface area contributed by atoms with Crippen LogP contribution in [-0.4, -0.2) is 68.0 Å². The van der Waals surface area contributed by atoms with Gasteiger partial charge in [0, 0.05) is 44.1 Å². The third-order valence-electron chi connectivity index (χ3n) is 4.95. The highest BCUT2D eigenvalue weighted by molar-refractivity contribution is 6.02. The van der Waals surface area contributed by atoms with Crippen molar-refractivity contribution in [3.8, 4) is 11.6 Å². The lowest BCUT2D eigenvalue weighted by molar-refractivity contribution is -0.111. The van der Waals surface area contributed by atoms with Crippen LogP contribution in [0, 0.1) is 0 Å². The average molecular weight is 419 g/mol. The minimum Gasteiger partial charge on any atom is -0.506 e. The Labute approximate surface area is 178 Å². The third-order valence-corrected chi connectivity index (χ3v) is 4.95. The van der Waals surface area contributed by atoms with E-state index in [2.05, 4.69) is 32.1 Å². The SMILES string of the molecule is C=CC(=O)Nc1cc(C(=O)N2CCN(c3ccc(-n4cccn4)nn3)CC2)ccc1O. The van der Waals surface area contributed by atoms with Gasteiger partial charge < -0.3 is 20.2 Å². The maximum atomic E-state index is 12.9. The number of piperazine rings is 1. The molecular weight excluding hydrogens is 398 g/mol. The summed E-state index contributed by atoms with van der Waals surface area (Å²) in [5.74, 6) is 0.618. The summed E-state index contributed by atoms with van der Waals surface area (Å²) in [5, 5.41) is 25.0. The van der Waals surface area contributed by atoms with Crippen LogP contribution in [0.3, 0.4) is 0 Å². The van der Waals surface area contributed by atoms with Crippen LogP contribution in [-0.2, 0) is 4.79 Å². The van der Waals surface area contributed by atoms with Crippen molar-refractivity contribution in [2.45, 2.75) is 0 Å². The Bertz CT molecular complexity index is 1090.